The minimum absolute atomic E-state index is 0.00730. The predicted molar refractivity (Wildman–Crippen MR) is 76.4 cm³/mol. The Morgan fingerprint density at radius 2 is 1.52 bits per heavy atom. The standard InChI is InChI=1S/C16H22F2O3/c1-15(2,3)14-11(17)7-10(8-12(14)18)20-9-13(19)21-16(4,5)6/h7-8H,9H2,1-6H3. The highest BCUT2D eigenvalue weighted by Crippen LogP contribution is 2.30. The molecule has 0 amide bonds. The fraction of sp³-hybridized carbons (Fsp3) is 0.562. The van der Waals surface area contributed by atoms with E-state index in [1.54, 1.807) is 41.5 Å². The van der Waals surface area contributed by atoms with E-state index in [2.05, 4.69) is 0 Å². The van der Waals surface area contributed by atoms with Gasteiger partial charge in [-0.15, -0.1) is 0 Å². The molecular formula is C16H22F2O3. The Hall–Kier alpha value is -1.65. The lowest BCUT2D eigenvalue weighted by Gasteiger charge is -2.22. The van der Waals surface area contributed by atoms with E-state index in [0.717, 1.165) is 12.1 Å². The number of benzene rings is 1. The zero-order valence-electron chi connectivity index (χ0n) is 13.3. The maximum atomic E-state index is 14.0. The zero-order chi connectivity index (χ0) is 16.4. The van der Waals surface area contributed by atoms with Crippen LogP contribution in [0.3, 0.4) is 0 Å². The summed E-state index contributed by atoms with van der Waals surface area (Å²) in [5, 5.41) is 0. The summed E-state index contributed by atoms with van der Waals surface area (Å²) in [4.78, 5) is 11.5. The molecule has 21 heavy (non-hydrogen) atoms. The molecule has 1 aromatic carbocycles. The molecule has 0 heterocycles. The number of ether oxygens (including phenoxy) is 2. The topological polar surface area (TPSA) is 35.5 Å². The van der Waals surface area contributed by atoms with Gasteiger partial charge in [0.1, 0.15) is 23.0 Å². The molecule has 0 spiro atoms. The lowest BCUT2D eigenvalue weighted by atomic mass is 9.86. The van der Waals surface area contributed by atoms with Crippen molar-refractivity contribution in [2.24, 2.45) is 0 Å². The van der Waals surface area contributed by atoms with Gasteiger partial charge >= 0.3 is 5.97 Å². The van der Waals surface area contributed by atoms with Crippen LogP contribution >= 0.6 is 0 Å². The first-order valence-electron chi connectivity index (χ1n) is 6.74. The maximum absolute atomic E-state index is 14.0. The van der Waals surface area contributed by atoms with Gasteiger partial charge in [-0.05, 0) is 26.2 Å². The Balaban J connectivity index is 2.81. The summed E-state index contributed by atoms with van der Waals surface area (Å²) < 4.78 is 38.1. The van der Waals surface area contributed by atoms with E-state index in [1.807, 2.05) is 0 Å². The van der Waals surface area contributed by atoms with E-state index >= 15 is 0 Å². The van der Waals surface area contributed by atoms with Crippen LogP contribution in [0.25, 0.3) is 0 Å². The molecule has 1 rings (SSSR count). The van der Waals surface area contributed by atoms with Gasteiger partial charge in [0.15, 0.2) is 6.61 Å². The van der Waals surface area contributed by atoms with Crippen molar-refractivity contribution in [3.63, 3.8) is 0 Å². The largest absolute Gasteiger partial charge is 0.482 e. The quantitative estimate of drug-likeness (QED) is 0.792. The summed E-state index contributed by atoms with van der Waals surface area (Å²) in [6.45, 7) is 9.93. The van der Waals surface area contributed by atoms with Gasteiger partial charge in [-0.3, -0.25) is 0 Å². The Kier molecular flexibility index (Phi) is 4.97. The first-order valence-corrected chi connectivity index (χ1v) is 6.74. The number of rotatable bonds is 3. The second-order valence-electron chi connectivity index (χ2n) is 6.89. The van der Waals surface area contributed by atoms with Crippen LogP contribution in [0.4, 0.5) is 8.78 Å². The highest BCUT2D eigenvalue weighted by atomic mass is 19.1. The predicted octanol–water partition coefficient (Wildman–Crippen LogP) is 3.98. The number of carbonyl (C=O) groups excluding carboxylic acids is 1. The van der Waals surface area contributed by atoms with Crippen molar-refractivity contribution >= 4 is 5.97 Å². The SMILES string of the molecule is CC(C)(C)OC(=O)COc1cc(F)c(C(C)(C)C)c(F)c1. The van der Waals surface area contributed by atoms with Gasteiger partial charge in [-0.25, -0.2) is 13.6 Å². The molecule has 0 fully saturated rings. The Labute approximate surface area is 124 Å². The van der Waals surface area contributed by atoms with Crippen molar-refractivity contribution in [1.29, 1.82) is 0 Å². The first-order chi connectivity index (χ1) is 9.40. The molecule has 0 aliphatic rings. The highest BCUT2D eigenvalue weighted by Gasteiger charge is 2.24. The van der Waals surface area contributed by atoms with Gasteiger partial charge in [0.2, 0.25) is 0 Å². The lowest BCUT2D eigenvalue weighted by molar-refractivity contribution is -0.157. The number of esters is 1. The molecule has 0 bridgehead atoms. The summed E-state index contributed by atoms with van der Waals surface area (Å²) >= 11 is 0. The van der Waals surface area contributed by atoms with Crippen LogP contribution in [0.1, 0.15) is 47.1 Å². The van der Waals surface area contributed by atoms with Crippen molar-refractivity contribution < 1.29 is 23.0 Å². The van der Waals surface area contributed by atoms with Crippen molar-refractivity contribution in [3.8, 4) is 5.75 Å². The molecule has 0 aliphatic carbocycles. The van der Waals surface area contributed by atoms with Crippen molar-refractivity contribution in [2.75, 3.05) is 6.61 Å². The van der Waals surface area contributed by atoms with Crippen LogP contribution in [-0.2, 0) is 14.9 Å². The van der Waals surface area contributed by atoms with Crippen molar-refractivity contribution in [2.45, 2.75) is 52.6 Å². The molecule has 0 aliphatic heterocycles. The summed E-state index contributed by atoms with van der Waals surface area (Å²) in [5.74, 6) is -2.02. The Morgan fingerprint density at radius 3 is 1.90 bits per heavy atom. The van der Waals surface area contributed by atoms with Gasteiger partial charge in [-0.1, -0.05) is 20.8 Å². The highest BCUT2D eigenvalue weighted by molar-refractivity contribution is 5.71. The molecule has 0 unspecified atom stereocenters. The molecule has 0 aromatic heterocycles. The average molecular weight is 300 g/mol. The second kappa shape index (κ2) is 6.00. The number of halogens is 2. The smallest absolute Gasteiger partial charge is 0.344 e. The van der Waals surface area contributed by atoms with Crippen LogP contribution in [0.2, 0.25) is 0 Å². The van der Waals surface area contributed by atoms with E-state index in [4.69, 9.17) is 9.47 Å². The third-order valence-electron chi connectivity index (χ3n) is 2.54. The van der Waals surface area contributed by atoms with Gasteiger partial charge in [0.05, 0.1) is 0 Å². The number of hydrogen-bond donors (Lipinski definition) is 0. The Bertz CT molecular complexity index is 502. The summed E-state index contributed by atoms with van der Waals surface area (Å²) in [6, 6.07) is 2.15. The monoisotopic (exact) mass is 300 g/mol. The van der Waals surface area contributed by atoms with Crippen LogP contribution in [0.5, 0.6) is 5.75 Å². The van der Waals surface area contributed by atoms with E-state index in [9.17, 15) is 13.6 Å². The minimum Gasteiger partial charge on any atom is -0.482 e. The zero-order valence-corrected chi connectivity index (χ0v) is 13.3. The number of carbonyl (C=O) groups is 1. The Morgan fingerprint density at radius 1 is 1.05 bits per heavy atom. The fourth-order valence-electron chi connectivity index (χ4n) is 1.86. The molecular weight excluding hydrogens is 278 g/mol. The maximum Gasteiger partial charge on any atom is 0.344 e. The molecule has 1 aromatic rings. The van der Waals surface area contributed by atoms with Crippen LogP contribution in [-0.4, -0.2) is 18.2 Å². The molecule has 5 heteroatoms. The van der Waals surface area contributed by atoms with E-state index in [0.29, 0.717) is 0 Å². The first kappa shape index (κ1) is 17.4. The van der Waals surface area contributed by atoms with Crippen LogP contribution < -0.4 is 4.74 Å². The van der Waals surface area contributed by atoms with Crippen LogP contribution in [0.15, 0.2) is 12.1 Å². The summed E-state index contributed by atoms with van der Waals surface area (Å²) in [5.41, 5.74) is -1.29. The molecule has 3 nitrogen and oxygen atoms in total. The second-order valence-corrected chi connectivity index (χ2v) is 6.89. The van der Waals surface area contributed by atoms with Gasteiger partial charge in [0.25, 0.3) is 0 Å². The third kappa shape index (κ3) is 5.33. The fourth-order valence-corrected chi connectivity index (χ4v) is 1.86. The van der Waals surface area contributed by atoms with Crippen molar-refractivity contribution in [3.05, 3.63) is 29.3 Å². The van der Waals surface area contributed by atoms with E-state index in [-0.39, 0.29) is 11.3 Å². The molecule has 118 valence electrons. The molecule has 0 N–H and O–H groups in total. The molecule has 0 radical (unpaired) electrons. The minimum atomic E-state index is -0.693. The van der Waals surface area contributed by atoms with Gasteiger partial charge in [0, 0.05) is 17.7 Å². The van der Waals surface area contributed by atoms with Crippen LogP contribution in [0, 0.1) is 11.6 Å². The molecule has 0 atom stereocenters. The van der Waals surface area contributed by atoms with Crippen molar-refractivity contribution in [1.82, 2.24) is 0 Å². The van der Waals surface area contributed by atoms with E-state index < -0.39 is 35.2 Å². The average Bonchev–Trinajstić information content (AvgIpc) is 2.20. The molecule has 0 saturated carbocycles. The van der Waals surface area contributed by atoms with E-state index in [1.165, 1.54) is 0 Å². The van der Waals surface area contributed by atoms with Gasteiger partial charge in [-0.2, -0.15) is 0 Å². The third-order valence-corrected chi connectivity index (χ3v) is 2.54. The molecule has 0 saturated heterocycles. The lowest BCUT2D eigenvalue weighted by Crippen LogP contribution is -2.27. The number of hydrogen-bond acceptors (Lipinski definition) is 3. The normalized spacial score (nSPS) is 12.2. The summed E-state index contributed by atoms with van der Waals surface area (Å²) in [6.07, 6.45) is 0. The van der Waals surface area contributed by atoms with Gasteiger partial charge < -0.3 is 9.47 Å². The summed E-state index contributed by atoms with van der Waals surface area (Å²) in [7, 11) is 0.